The predicted octanol–water partition coefficient (Wildman–Crippen LogP) is 1.69. The Hall–Kier alpha value is -2.81. The Morgan fingerprint density at radius 2 is 2.04 bits per heavy atom. The van der Waals surface area contributed by atoms with Crippen molar-refractivity contribution in [3.8, 4) is 0 Å². The van der Waals surface area contributed by atoms with Crippen LogP contribution in [0.1, 0.15) is 37.3 Å². The molecule has 1 aliphatic heterocycles. The molecule has 1 unspecified atom stereocenters. The summed E-state index contributed by atoms with van der Waals surface area (Å²) in [5.74, 6) is 9.09. The second kappa shape index (κ2) is 8.34. The number of nitrogens with two attached hydrogens (primary N) is 2. The van der Waals surface area contributed by atoms with Gasteiger partial charge in [-0.25, -0.2) is 19.6 Å². The number of hydrogen-bond donors (Lipinski definition) is 3. The molecule has 0 fully saturated rings. The molecule has 134 valence electrons. The summed E-state index contributed by atoms with van der Waals surface area (Å²) in [4.78, 5) is 12.4. The summed E-state index contributed by atoms with van der Waals surface area (Å²) in [5, 5.41) is 8.73. The zero-order valence-electron chi connectivity index (χ0n) is 13.6. The van der Waals surface area contributed by atoms with Crippen molar-refractivity contribution < 1.29 is 13.6 Å². The van der Waals surface area contributed by atoms with Crippen molar-refractivity contribution in [2.75, 3.05) is 0 Å². The number of halogens is 2. The van der Waals surface area contributed by atoms with Crippen LogP contribution in [0.3, 0.4) is 0 Å². The molecule has 0 aliphatic carbocycles. The van der Waals surface area contributed by atoms with Crippen molar-refractivity contribution in [3.05, 3.63) is 47.5 Å². The van der Waals surface area contributed by atoms with Crippen molar-refractivity contribution in [2.45, 2.75) is 31.7 Å². The summed E-state index contributed by atoms with van der Waals surface area (Å²) in [6, 6.07) is 2.69. The van der Waals surface area contributed by atoms with Gasteiger partial charge in [0.15, 0.2) is 0 Å². The van der Waals surface area contributed by atoms with Crippen molar-refractivity contribution >= 4 is 18.0 Å². The number of nitrogens with one attached hydrogen (secondary N) is 1. The van der Waals surface area contributed by atoms with Crippen LogP contribution in [0.25, 0.3) is 0 Å². The second-order valence-corrected chi connectivity index (χ2v) is 5.64. The number of hydrogen-bond acceptors (Lipinski definition) is 5. The van der Waals surface area contributed by atoms with Gasteiger partial charge in [0.1, 0.15) is 17.5 Å². The molecule has 0 aromatic heterocycles. The molecule has 9 heteroatoms. The molecule has 1 amide bonds. The minimum absolute atomic E-state index is 0.146. The van der Waals surface area contributed by atoms with Gasteiger partial charge in [-0.1, -0.05) is 12.2 Å². The Kier molecular flexibility index (Phi) is 6.18. The zero-order chi connectivity index (χ0) is 18.4. The van der Waals surface area contributed by atoms with Crippen molar-refractivity contribution in [3.63, 3.8) is 0 Å². The predicted molar refractivity (Wildman–Crippen MR) is 91.0 cm³/mol. The summed E-state index contributed by atoms with van der Waals surface area (Å²) in [5.41, 5.74) is 3.42. The largest absolute Gasteiger partial charge is 0.322 e. The van der Waals surface area contributed by atoms with E-state index < -0.39 is 17.7 Å². The molecule has 1 aliphatic rings. The van der Waals surface area contributed by atoms with Crippen LogP contribution in [0, 0.1) is 11.6 Å². The fourth-order valence-corrected chi connectivity index (χ4v) is 2.56. The maximum atomic E-state index is 13.4. The molecule has 0 saturated heterocycles. The molecular weight excluding hydrogens is 330 g/mol. The summed E-state index contributed by atoms with van der Waals surface area (Å²) >= 11 is 0. The van der Waals surface area contributed by atoms with Crippen LogP contribution < -0.4 is 17.1 Å². The standard InChI is InChI=1S/C16H20F2N6O/c1-10(6-15(22-19)23-20)2-3-16(25)24-14(4-5-21-24)11-7-12(17)9-13(18)8-11/h5,7-9,14H,1-4,6,19-20H2,(H,22,23). The van der Waals surface area contributed by atoms with E-state index in [-0.39, 0.29) is 12.3 Å². The van der Waals surface area contributed by atoms with Crippen molar-refractivity contribution in [1.82, 2.24) is 10.4 Å². The van der Waals surface area contributed by atoms with Crippen LogP contribution in [0.15, 0.2) is 40.6 Å². The third kappa shape index (κ3) is 4.83. The Bertz CT molecular complexity index is 698. The van der Waals surface area contributed by atoms with E-state index in [1.54, 1.807) is 6.21 Å². The van der Waals surface area contributed by atoms with Crippen LogP contribution >= 0.6 is 0 Å². The number of nitrogens with zero attached hydrogens (tertiary/aromatic N) is 3. The Balaban J connectivity index is 1.98. The van der Waals surface area contributed by atoms with Gasteiger partial charge in [-0.3, -0.25) is 4.79 Å². The molecule has 1 aromatic rings. The van der Waals surface area contributed by atoms with Gasteiger partial charge in [-0.15, -0.1) is 0 Å². The fraction of sp³-hybridized carbons (Fsp3) is 0.312. The third-order valence-corrected chi connectivity index (χ3v) is 3.79. The minimum Gasteiger partial charge on any atom is -0.322 e. The summed E-state index contributed by atoms with van der Waals surface area (Å²) in [6.07, 6.45) is 2.80. The van der Waals surface area contributed by atoms with Crippen LogP contribution in [0.5, 0.6) is 0 Å². The van der Waals surface area contributed by atoms with Gasteiger partial charge in [0, 0.05) is 31.5 Å². The first-order valence-corrected chi connectivity index (χ1v) is 7.65. The Morgan fingerprint density at radius 3 is 2.64 bits per heavy atom. The lowest BCUT2D eigenvalue weighted by molar-refractivity contribution is -0.133. The van der Waals surface area contributed by atoms with Gasteiger partial charge in [0.25, 0.3) is 0 Å². The number of carbonyl (C=O) groups excluding carboxylic acids is 1. The molecule has 0 bridgehead atoms. The van der Waals surface area contributed by atoms with E-state index in [2.05, 4.69) is 22.2 Å². The number of benzene rings is 1. The highest BCUT2D eigenvalue weighted by molar-refractivity contribution is 5.84. The lowest BCUT2D eigenvalue weighted by atomic mass is 10.0. The maximum Gasteiger partial charge on any atom is 0.243 e. The Labute approximate surface area is 144 Å². The van der Waals surface area contributed by atoms with Crippen LogP contribution in [-0.4, -0.2) is 23.0 Å². The maximum absolute atomic E-state index is 13.4. The summed E-state index contributed by atoms with van der Waals surface area (Å²) in [6.45, 7) is 3.85. The molecular formula is C16H20F2N6O. The van der Waals surface area contributed by atoms with Crippen LogP contribution in [0.4, 0.5) is 8.78 Å². The van der Waals surface area contributed by atoms with Gasteiger partial charge >= 0.3 is 0 Å². The van der Waals surface area contributed by atoms with Gasteiger partial charge in [0.2, 0.25) is 5.91 Å². The molecule has 5 N–H and O–H groups in total. The van der Waals surface area contributed by atoms with E-state index in [0.717, 1.165) is 6.07 Å². The van der Waals surface area contributed by atoms with Crippen molar-refractivity contribution in [2.24, 2.45) is 21.9 Å². The van der Waals surface area contributed by atoms with E-state index in [0.29, 0.717) is 36.2 Å². The van der Waals surface area contributed by atoms with Gasteiger partial charge in [0.05, 0.1) is 6.04 Å². The monoisotopic (exact) mass is 350 g/mol. The first-order chi connectivity index (χ1) is 11.9. The normalized spacial score (nSPS) is 17.0. The van der Waals surface area contributed by atoms with Gasteiger partial charge in [-0.05, 0) is 24.1 Å². The number of amides is 1. The molecule has 1 atom stereocenters. The number of amidine groups is 1. The summed E-state index contributed by atoms with van der Waals surface area (Å²) in [7, 11) is 0. The average Bonchev–Trinajstić information content (AvgIpc) is 3.06. The topological polar surface area (TPSA) is 109 Å². The SMILES string of the molecule is C=C(CCC(=O)N1N=CCC1c1cc(F)cc(F)c1)C/C(=N/N)NN. The van der Waals surface area contributed by atoms with E-state index >= 15 is 0 Å². The lowest BCUT2D eigenvalue weighted by Crippen LogP contribution is -2.31. The molecule has 1 aromatic carbocycles. The van der Waals surface area contributed by atoms with E-state index in [4.69, 9.17) is 11.7 Å². The highest BCUT2D eigenvalue weighted by Crippen LogP contribution is 2.30. The molecule has 7 nitrogen and oxygen atoms in total. The smallest absolute Gasteiger partial charge is 0.243 e. The second-order valence-electron chi connectivity index (χ2n) is 5.64. The number of rotatable bonds is 6. The van der Waals surface area contributed by atoms with Crippen LogP contribution in [0.2, 0.25) is 0 Å². The highest BCUT2D eigenvalue weighted by Gasteiger charge is 2.28. The minimum atomic E-state index is -0.689. The third-order valence-electron chi connectivity index (χ3n) is 3.79. The Morgan fingerprint density at radius 1 is 1.36 bits per heavy atom. The molecule has 1 heterocycles. The van der Waals surface area contributed by atoms with Gasteiger partial charge < -0.3 is 11.3 Å². The number of hydrazone groups is 2. The lowest BCUT2D eigenvalue weighted by Gasteiger charge is -2.22. The molecule has 0 saturated carbocycles. The van der Waals surface area contributed by atoms with E-state index in [9.17, 15) is 13.6 Å². The molecule has 2 rings (SSSR count). The highest BCUT2D eigenvalue weighted by atomic mass is 19.1. The number of carbonyl (C=O) groups is 1. The number of hydrazine groups is 1. The van der Waals surface area contributed by atoms with E-state index in [1.807, 2.05) is 0 Å². The quantitative estimate of drug-likeness (QED) is 0.238. The molecule has 0 spiro atoms. The van der Waals surface area contributed by atoms with Crippen molar-refractivity contribution in [1.29, 1.82) is 0 Å². The fourth-order valence-electron chi connectivity index (χ4n) is 2.56. The molecule has 0 radical (unpaired) electrons. The molecule has 25 heavy (non-hydrogen) atoms. The van der Waals surface area contributed by atoms with E-state index in [1.165, 1.54) is 17.1 Å². The summed E-state index contributed by atoms with van der Waals surface area (Å²) < 4.78 is 26.8. The average molecular weight is 350 g/mol. The van der Waals surface area contributed by atoms with Gasteiger partial charge in [-0.2, -0.15) is 10.2 Å². The zero-order valence-corrected chi connectivity index (χ0v) is 13.6. The van der Waals surface area contributed by atoms with Crippen LogP contribution in [-0.2, 0) is 4.79 Å². The first-order valence-electron chi connectivity index (χ1n) is 7.65. The first kappa shape index (κ1) is 18.5.